The van der Waals surface area contributed by atoms with Crippen molar-refractivity contribution in [2.45, 2.75) is 39.2 Å². The highest BCUT2D eigenvalue weighted by Crippen LogP contribution is 2.38. The van der Waals surface area contributed by atoms with Crippen molar-refractivity contribution in [1.29, 1.82) is 0 Å². The fraction of sp³-hybridized carbons (Fsp3) is 0.533. The Morgan fingerprint density at radius 2 is 2.10 bits per heavy atom. The molecule has 0 bridgehead atoms. The van der Waals surface area contributed by atoms with E-state index in [1.54, 1.807) is 0 Å². The monoisotopic (exact) mass is 271 g/mol. The Balaban J connectivity index is 1.62. The summed E-state index contributed by atoms with van der Waals surface area (Å²) in [6, 6.07) is 6.06. The largest absolute Gasteiger partial charge is 0.311 e. The Morgan fingerprint density at radius 3 is 2.75 bits per heavy atom. The van der Waals surface area contributed by atoms with E-state index in [0.29, 0.717) is 11.8 Å². The molecule has 0 amide bonds. The third-order valence-corrected chi connectivity index (χ3v) is 3.40. The molecule has 1 N–H and O–H groups in total. The van der Waals surface area contributed by atoms with Crippen LogP contribution in [-0.2, 0) is 6.54 Å². The third kappa shape index (κ3) is 3.22. The van der Waals surface area contributed by atoms with Gasteiger partial charge in [0.2, 0.25) is 0 Å². The predicted octanol–water partition coefficient (Wildman–Crippen LogP) is 2.29. The van der Waals surface area contributed by atoms with E-state index < -0.39 is 0 Å². The minimum absolute atomic E-state index is 0.646. The molecule has 106 valence electrons. The van der Waals surface area contributed by atoms with Gasteiger partial charge in [-0.3, -0.25) is 0 Å². The molecule has 0 unspecified atom stereocenters. The number of nitrogens with one attached hydrogen (secondary N) is 1. The van der Waals surface area contributed by atoms with Crippen molar-refractivity contribution >= 4 is 0 Å². The summed E-state index contributed by atoms with van der Waals surface area (Å²) >= 11 is 0. The molecule has 1 saturated carbocycles. The lowest BCUT2D eigenvalue weighted by Gasteiger charge is -2.06. The van der Waals surface area contributed by atoms with Gasteiger partial charge in [0.15, 0.2) is 5.82 Å². The molecule has 1 aliphatic carbocycles. The van der Waals surface area contributed by atoms with Crippen molar-refractivity contribution in [3.63, 3.8) is 0 Å². The third-order valence-electron chi connectivity index (χ3n) is 3.40. The average Bonchev–Trinajstić information content (AvgIpc) is 3.17. The molecule has 3 rings (SSSR count). The summed E-state index contributed by atoms with van der Waals surface area (Å²) in [6.45, 7) is 6.14. The van der Waals surface area contributed by atoms with Gasteiger partial charge >= 0.3 is 0 Å². The standard InChI is InChI=1S/C15H21N5/c1-11(2)9-16-10-13-5-6-15(18-17-13)20-8-7-14(19-20)12-3-4-12/h5-8,11-12,16H,3-4,9-10H2,1-2H3. The maximum atomic E-state index is 4.56. The van der Waals surface area contributed by atoms with Crippen LogP contribution < -0.4 is 5.32 Å². The molecule has 1 fully saturated rings. The zero-order valence-electron chi connectivity index (χ0n) is 12.1. The van der Waals surface area contributed by atoms with Gasteiger partial charge in [0.1, 0.15) is 0 Å². The van der Waals surface area contributed by atoms with Crippen molar-refractivity contribution in [2.24, 2.45) is 5.92 Å². The number of aromatic nitrogens is 4. The summed E-state index contributed by atoms with van der Waals surface area (Å²) in [5.74, 6) is 2.10. The minimum Gasteiger partial charge on any atom is -0.311 e. The number of hydrogen-bond donors (Lipinski definition) is 1. The van der Waals surface area contributed by atoms with E-state index in [1.165, 1.54) is 18.5 Å². The highest BCUT2D eigenvalue weighted by atomic mass is 15.3. The molecule has 20 heavy (non-hydrogen) atoms. The van der Waals surface area contributed by atoms with Crippen LogP contribution in [0.5, 0.6) is 0 Å². The van der Waals surface area contributed by atoms with Crippen LogP contribution in [0.2, 0.25) is 0 Å². The Kier molecular flexibility index (Phi) is 3.78. The molecule has 0 atom stereocenters. The Hall–Kier alpha value is -1.75. The van der Waals surface area contributed by atoms with Gasteiger partial charge in [0, 0.05) is 18.7 Å². The maximum Gasteiger partial charge on any atom is 0.175 e. The molecule has 5 heteroatoms. The van der Waals surface area contributed by atoms with Crippen LogP contribution in [-0.4, -0.2) is 26.5 Å². The van der Waals surface area contributed by atoms with Crippen molar-refractivity contribution < 1.29 is 0 Å². The van der Waals surface area contributed by atoms with Gasteiger partial charge in [-0.2, -0.15) is 10.2 Å². The first-order valence-corrected chi connectivity index (χ1v) is 7.31. The first kappa shape index (κ1) is 13.2. The molecule has 2 aromatic heterocycles. The molecule has 2 aromatic rings. The van der Waals surface area contributed by atoms with Gasteiger partial charge in [0.25, 0.3) is 0 Å². The normalized spacial score (nSPS) is 14.9. The first-order valence-electron chi connectivity index (χ1n) is 7.31. The summed E-state index contributed by atoms with van der Waals surface area (Å²) in [5, 5.41) is 16.4. The van der Waals surface area contributed by atoms with Gasteiger partial charge in [-0.05, 0) is 43.5 Å². The van der Waals surface area contributed by atoms with Gasteiger partial charge in [0.05, 0.1) is 11.4 Å². The van der Waals surface area contributed by atoms with Crippen LogP contribution in [0, 0.1) is 5.92 Å². The summed E-state index contributed by atoms with van der Waals surface area (Å²) < 4.78 is 1.81. The quantitative estimate of drug-likeness (QED) is 0.875. The van der Waals surface area contributed by atoms with E-state index in [9.17, 15) is 0 Å². The molecular weight excluding hydrogens is 250 g/mol. The SMILES string of the molecule is CC(C)CNCc1ccc(-n2ccc(C3CC3)n2)nn1. The molecule has 0 radical (unpaired) electrons. The van der Waals surface area contributed by atoms with Crippen molar-refractivity contribution in [2.75, 3.05) is 6.54 Å². The van der Waals surface area contributed by atoms with Crippen LogP contribution in [0.15, 0.2) is 24.4 Å². The van der Waals surface area contributed by atoms with E-state index in [4.69, 9.17) is 0 Å². The van der Waals surface area contributed by atoms with E-state index >= 15 is 0 Å². The zero-order chi connectivity index (χ0) is 13.9. The van der Waals surface area contributed by atoms with Crippen molar-refractivity contribution in [1.82, 2.24) is 25.3 Å². The van der Waals surface area contributed by atoms with E-state index in [2.05, 4.69) is 40.5 Å². The molecule has 5 nitrogen and oxygen atoms in total. The highest BCUT2D eigenvalue weighted by Gasteiger charge is 2.25. The highest BCUT2D eigenvalue weighted by molar-refractivity contribution is 5.23. The van der Waals surface area contributed by atoms with E-state index in [-0.39, 0.29) is 0 Å². The second-order valence-corrected chi connectivity index (χ2v) is 5.87. The maximum absolute atomic E-state index is 4.56. The molecule has 0 saturated heterocycles. The van der Waals surface area contributed by atoms with Gasteiger partial charge < -0.3 is 5.32 Å². The summed E-state index contributed by atoms with van der Waals surface area (Å²) in [4.78, 5) is 0. The average molecular weight is 271 g/mol. The molecular formula is C15H21N5. The summed E-state index contributed by atoms with van der Waals surface area (Å²) in [5.41, 5.74) is 2.14. The second kappa shape index (κ2) is 5.71. The zero-order valence-corrected chi connectivity index (χ0v) is 12.1. The van der Waals surface area contributed by atoms with Crippen LogP contribution in [0.25, 0.3) is 5.82 Å². The van der Waals surface area contributed by atoms with Crippen LogP contribution in [0.4, 0.5) is 0 Å². The van der Waals surface area contributed by atoms with Crippen molar-refractivity contribution in [3.8, 4) is 5.82 Å². The Bertz CT molecular complexity index is 554. The van der Waals surface area contributed by atoms with E-state index in [1.807, 2.05) is 23.0 Å². The first-order chi connectivity index (χ1) is 9.72. The van der Waals surface area contributed by atoms with E-state index in [0.717, 1.165) is 24.6 Å². The lowest BCUT2D eigenvalue weighted by Crippen LogP contribution is -2.20. The van der Waals surface area contributed by atoms with Gasteiger partial charge in [-0.15, -0.1) is 5.10 Å². The molecule has 0 spiro atoms. The van der Waals surface area contributed by atoms with Crippen LogP contribution in [0.3, 0.4) is 0 Å². The smallest absolute Gasteiger partial charge is 0.175 e. The molecule has 0 aliphatic heterocycles. The fourth-order valence-corrected chi connectivity index (χ4v) is 2.12. The topological polar surface area (TPSA) is 55.6 Å². The number of nitrogens with zero attached hydrogens (tertiary/aromatic N) is 4. The summed E-state index contributed by atoms with van der Waals surface area (Å²) in [7, 11) is 0. The Labute approximate surface area is 119 Å². The van der Waals surface area contributed by atoms with Gasteiger partial charge in [-0.1, -0.05) is 13.8 Å². The van der Waals surface area contributed by atoms with Crippen LogP contribution >= 0.6 is 0 Å². The van der Waals surface area contributed by atoms with Crippen LogP contribution in [0.1, 0.15) is 44.0 Å². The Morgan fingerprint density at radius 1 is 1.25 bits per heavy atom. The predicted molar refractivity (Wildman–Crippen MR) is 77.7 cm³/mol. The molecule has 2 heterocycles. The lowest BCUT2D eigenvalue weighted by atomic mass is 10.2. The molecule has 0 aromatic carbocycles. The fourth-order valence-electron chi connectivity index (χ4n) is 2.12. The summed E-state index contributed by atoms with van der Waals surface area (Å²) in [6.07, 6.45) is 4.50. The molecule has 1 aliphatic rings. The number of hydrogen-bond acceptors (Lipinski definition) is 4. The van der Waals surface area contributed by atoms with Gasteiger partial charge in [-0.25, -0.2) is 4.68 Å². The number of rotatable bonds is 6. The lowest BCUT2D eigenvalue weighted by molar-refractivity contribution is 0.545. The minimum atomic E-state index is 0.646. The van der Waals surface area contributed by atoms with Crippen molar-refractivity contribution in [3.05, 3.63) is 35.8 Å². The second-order valence-electron chi connectivity index (χ2n) is 5.87.